The summed E-state index contributed by atoms with van der Waals surface area (Å²) in [7, 11) is 0. The molecule has 0 radical (unpaired) electrons. The highest BCUT2D eigenvalue weighted by Crippen LogP contribution is 2.34. The average molecular weight is 473 g/mol. The van der Waals surface area contributed by atoms with Gasteiger partial charge in [0.1, 0.15) is 0 Å². The van der Waals surface area contributed by atoms with Gasteiger partial charge in [0.2, 0.25) is 0 Å². The van der Waals surface area contributed by atoms with Crippen LogP contribution < -0.4 is 10.6 Å². The van der Waals surface area contributed by atoms with Gasteiger partial charge in [-0.2, -0.15) is 0 Å². The summed E-state index contributed by atoms with van der Waals surface area (Å²) in [5, 5.41) is 6.82. The van der Waals surface area contributed by atoms with Crippen molar-refractivity contribution in [2.24, 2.45) is 16.3 Å². The van der Waals surface area contributed by atoms with Gasteiger partial charge in [0, 0.05) is 32.2 Å². The van der Waals surface area contributed by atoms with E-state index in [1.54, 1.807) is 0 Å². The van der Waals surface area contributed by atoms with E-state index in [0.29, 0.717) is 5.92 Å². The molecule has 0 aromatic heterocycles. The first-order valence-corrected chi connectivity index (χ1v) is 9.68. The van der Waals surface area contributed by atoms with Gasteiger partial charge in [-0.3, -0.25) is 4.99 Å². The minimum Gasteiger partial charge on any atom is -0.377 e. The Morgan fingerprint density at radius 3 is 2.58 bits per heavy atom. The van der Waals surface area contributed by atoms with E-state index in [4.69, 9.17) is 9.73 Å². The van der Waals surface area contributed by atoms with Crippen LogP contribution in [0.15, 0.2) is 35.3 Å². The maximum absolute atomic E-state index is 6.08. The number of rotatable bonds is 6. The Labute approximate surface area is 176 Å². The van der Waals surface area contributed by atoms with Crippen molar-refractivity contribution in [1.82, 2.24) is 10.6 Å². The van der Waals surface area contributed by atoms with Crippen molar-refractivity contribution < 1.29 is 4.74 Å². The number of nitrogens with zero attached hydrogens (tertiary/aromatic N) is 1. The third kappa shape index (κ3) is 7.82. The molecule has 0 spiro atoms. The zero-order valence-electron chi connectivity index (χ0n) is 16.8. The SMILES string of the molecule is CCNC(=NCC1CCCOC1C(C)(C)C)NCCc1ccccc1.I. The molecule has 26 heavy (non-hydrogen) atoms. The van der Waals surface area contributed by atoms with E-state index in [2.05, 4.69) is 68.7 Å². The van der Waals surface area contributed by atoms with Gasteiger partial charge in [0.05, 0.1) is 6.10 Å². The summed E-state index contributed by atoms with van der Waals surface area (Å²) in [4.78, 5) is 4.85. The first-order chi connectivity index (χ1) is 12.0. The molecule has 0 amide bonds. The first-order valence-electron chi connectivity index (χ1n) is 9.68. The minimum absolute atomic E-state index is 0. The second-order valence-electron chi connectivity index (χ2n) is 7.94. The molecule has 2 rings (SSSR count). The van der Waals surface area contributed by atoms with E-state index in [0.717, 1.165) is 45.0 Å². The van der Waals surface area contributed by atoms with Crippen LogP contribution in [0.2, 0.25) is 0 Å². The van der Waals surface area contributed by atoms with Crippen molar-refractivity contribution in [3.8, 4) is 0 Å². The summed E-state index contributed by atoms with van der Waals surface area (Å²) < 4.78 is 6.08. The smallest absolute Gasteiger partial charge is 0.191 e. The Hall–Kier alpha value is -0.820. The first kappa shape index (κ1) is 23.2. The molecule has 0 saturated carbocycles. The summed E-state index contributed by atoms with van der Waals surface area (Å²) in [6.07, 6.45) is 3.64. The Bertz CT molecular complexity index is 528. The van der Waals surface area contributed by atoms with Gasteiger partial charge in [0.25, 0.3) is 0 Å². The lowest BCUT2D eigenvalue weighted by molar-refractivity contribution is -0.0823. The number of nitrogens with one attached hydrogen (secondary N) is 2. The van der Waals surface area contributed by atoms with Crippen molar-refractivity contribution in [3.63, 3.8) is 0 Å². The fraction of sp³-hybridized carbons (Fsp3) is 0.667. The predicted octanol–water partition coefficient (Wildman–Crippen LogP) is 4.24. The monoisotopic (exact) mass is 473 g/mol. The Morgan fingerprint density at radius 2 is 1.92 bits per heavy atom. The molecule has 1 aliphatic rings. The van der Waals surface area contributed by atoms with Gasteiger partial charge in [-0.25, -0.2) is 0 Å². The van der Waals surface area contributed by atoms with Crippen molar-refractivity contribution >= 4 is 29.9 Å². The number of guanidine groups is 1. The summed E-state index contributed by atoms with van der Waals surface area (Å²) in [5.74, 6) is 1.41. The summed E-state index contributed by atoms with van der Waals surface area (Å²) in [5.41, 5.74) is 1.51. The van der Waals surface area contributed by atoms with Gasteiger partial charge < -0.3 is 15.4 Å². The highest BCUT2D eigenvalue weighted by atomic mass is 127. The Balaban J connectivity index is 0.00000338. The number of hydrogen-bond donors (Lipinski definition) is 2. The number of aliphatic imine (C=N–C) groups is 1. The molecule has 1 saturated heterocycles. The molecule has 4 nitrogen and oxygen atoms in total. The van der Waals surface area contributed by atoms with E-state index < -0.39 is 0 Å². The lowest BCUT2D eigenvalue weighted by Crippen LogP contribution is -2.43. The van der Waals surface area contributed by atoms with Gasteiger partial charge in [-0.05, 0) is 37.2 Å². The van der Waals surface area contributed by atoms with Crippen molar-refractivity contribution in [2.75, 3.05) is 26.2 Å². The molecule has 1 heterocycles. The van der Waals surface area contributed by atoms with E-state index in [1.807, 2.05) is 0 Å². The van der Waals surface area contributed by atoms with Crippen LogP contribution in [0.4, 0.5) is 0 Å². The van der Waals surface area contributed by atoms with Crippen LogP contribution in [0.3, 0.4) is 0 Å². The summed E-state index contributed by atoms with van der Waals surface area (Å²) in [6, 6.07) is 10.6. The number of halogens is 1. The molecule has 2 atom stereocenters. The largest absolute Gasteiger partial charge is 0.377 e. The molecule has 1 aliphatic heterocycles. The third-order valence-corrected chi connectivity index (χ3v) is 4.68. The fourth-order valence-corrected chi connectivity index (χ4v) is 3.51. The van der Waals surface area contributed by atoms with Crippen LogP contribution in [0.1, 0.15) is 46.1 Å². The van der Waals surface area contributed by atoms with Crippen LogP contribution in [-0.2, 0) is 11.2 Å². The van der Waals surface area contributed by atoms with Gasteiger partial charge in [-0.15, -0.1) is 24.0 Å². The van der Waals surface area contributed by atoms with Crippen LogP contribution in [0.25, 0.3) is 0 Å². The van der Waals surface area contributed by atoms with Gasteiger partial charge in [-0.1, -0.05) is 51.1 Å². The summed E-state index contributed by atoms with van der Waals surface area (Å²) >= 11 is 0. The summed E-state index contributed by atoms with van der Waals surface area (Å²) in [6.45, 7) is 12.4. The maximum Gasteiger partial charge on any atom is 0.191 e. The molecule has 1 aromatic rings. The van der Waals surface area contributed by atoms with Crippen molar-refractivity contribution in [2.45, 2.75) is 53.1 Å². The number of benzene rings is 1. The van der Waals surface area contributed by atoms with Crippen LogP contribution in [0.5, 0.6) is 0 Å². The lowest BCUT2D eigenvalue weighted by Gasteiger charge is -2.39. The molecule has 2 unspecified atom stereocenters. The van der Waals surface area contributed by atoms with Gasteiger partial charge >= 0.3 is 0 Å². The van der Waals surface area contributed by atoms with Crippen LogP contribution in [0, 0.1) is 11.3 Å². The molecular formula is C21H36IN3O. The number of ether oxygens (including phenoxy) is 1. The second-order valence-corrected chi connectivity index (χ2v) is 7.94. The highest BCUT2D eigenvalue weighted by molar-refractivity contribution is 14.0. The van der Waals surface area contributed by atoms with E-state index in [9.17, 15) is 0 Å². The normalized spacial score (nSPS) is 21.0. The zero-order valence-corrected chi connectivity index (χ0v) is 19.1. The minimum atomic E-state index is 0. The van der Waals surface area contributed by atoms with Crippen molar-refractivity contribution in [1.29, 1.82) is 0 Å². The molecule has 2 N–H and O–H groups in total. The molecule has 1 fully saturated rings. The lowest BCUT2D eigenvalue weighted by atomic mass is 9.78. The molecule has 5 heteroatoms. The topological polar surface area (TPSA) is 45.7 Å². The Kier molecular flexibility index (Phi) is 10.5. The molecular weight excluding hydrogens is 437 g/mol. The van der Waals surface area contributed by atoms with E-state index >= 15 is 0 Å². The predicted molar refractivity (Wildman–Crippen MR) is 121 cm³/mol. The molecule has 1 aromatic carbocycles. The fourth-order valence-electron chi connectivity index (χ4n) is 3.51. The van der Waals surface area contributed by atoms with Crippen LogP contribution >= 0.6 is 24.0 Å². The van der Waals surface area contributed by atoms with Crippen molar-refractivity contribution in [3.05, 3.63) is 35.9 Å². The molecule has 0 bridgehead atoms. The number of hydrogen-bond acceptors (Lipinski definition) is 2. The quantitative estimate of drug-likeness (QED) is 0.369. The van der Waals surface area contributed by atoms with E-state index in [1.165, 1.54) is 12.0 Å². The third-order valence-electron chi connectivity index (χ3n) is 4.68. The molecule has 148 valence electrons. The van der Waals surface area contributed by atoms with Crippen LogP contribution in [-0.4, -0.2) is 38.3 Å². The van der Waals surface area contributed by atoms with E-state index in [-0.39, 0.29) is 35.5 Å². The standard InChI is InChI=1S/C21H35N3O.HI/c1-5-22-20(23-14-13-17-10-7-6-8-11-17)24-16-18-12-9-15-25-19(18)21(2,3)4;/h6-8,10-11,18-19H,5,9,12-16H2,1-4H3,(H2,22,23,24);1H. The molecule has 0 aliphatic carbocycles. The maximum atomic E-state index is 6.08. The highest BCUT2D eigenvalue weighted by Gasteiger charge is 2.35. The zero-order chi connectivity index (χ0) is 18.1. The van der Waals surface area contributed by atoms with Gasteiger partial charge in [0.15, 0.2) is 5.96 Å². The average Bonchev–Trinajstić information content (AvgIpc) is 2.60. The Morgan fingerprint density at radius 1 is 1.19 bits per heavy atom. The second kappa shape index (κ2) is 11.8.